The first-order chi connectivity index (χ1) is 9.51. The molecule has 0 aliphatic carbocycles. The van der Waals surface area contributed by atoms with Crippen molar-refractivity contribution in [3.8, 4) is 0 Å². The van der Waals surface area contributed by atoms with Crippen LogP contribution in [0.2, 0.25) is 5.02 Å². The summed E-state index contributed by atoms with van der Waals surface area (Å²) in [6.45, 7) is 11.0. The summed E-state index contributed by atoms with van der Waals surface area (Å²) < 4.78 is 0. The zero-order valence-corrected chi connectivity index (χ0v) is 13.9. The van der Waals surface area contributed by atoms with Crippen LogP contribution in [0.4, 0.5) is 5.69 Å². The average Bonchev–Trinajstić information content (AvgIpc) is 2.38. The minimum Gasteiger partial charge on any atom is -0.365 e. The van der Waals surface area contributed by atoms with Crippen molar-refractivity contribution in [2.75, 3.05) is 18.0 Å². The van der Waals surface area contributed by atoms with E-state index in [2.05, 4.69) is 56.1 Å². The predicted molar refractivity (Wildman–Crippen MR) is 88.9 cm³/mol. The Bertz CT molecular complexity index is 445. The highest BCUT2D eigenvalue weighted by Crippen LogP contribution is 2.30. The van der Waals surface area contributed by atoms with Crippen molar-refractivity contribution in [2.45, 2.75) is 52.6 Å². The molecule has 0 bridgehead atoms. The normalized spacial score (nSPS) is 23.4. The van der Waals surface area contributed by atoms with Gasteiger partial charge in [-0.2, -0.15) is 0 Å². The Morgan fingerprint density at radius 3 is 2.75 bits per heavy atom. The van der Waals surface area contributed by atoms with E-state index in [4.69, 9.17) is 11.6 Å². The lowest BCUT2D eigenvalue weighted by Crippen LogP contribution is -2.56. The van der Waals surface area contributed by atoms with Gasteiger partial charge in [-0.25, -0.2) is 0 Å². The first kappa shape index (κ1) is 15.7. The van der Waals surface area contributed by atoms with Crippen molar-refractivity contribution in [1.29, 1.82) is 0 Å². The number of nitrogens with zero attached hydrogens (tertiary/aromatic N) is 1. The Morgan fingerprint density at radius 2 is 2.15 bits per heavy atom. The van der Waals surface area contributed by atoms with E-state index in [0.29, 0.717) is 12.1 Å². The summed E-state index contributed by atoms with van der Waals surface area (Å²) in [4.78, 5) is 2.51. The highest BCUT2D eigenvalue weighted by atomic mass is 35.5. The molecule has 112 valence electrons. The predicted octanol–water partition coefficient (Wildman–Crippen LogP) is 4.25. The zero-order chi connectivity index (χ0) is 14.7. The van der Waals surface area contributed by atoms with Gasteiger partial charge in [0, 0.05) is 25.2 Å². The SMILES string of the molecule is CCC1CNC(CC(C)C)CN1c1ccc(C)cc1Cl. The van der Waals surface area contributed by atoms with Gasteiger partial charge in [-0.3, -0.25) is 0 Å². The Morgan fingerprint density at radius 1 is 1.40 bits per heavy atom. The highest BCUT2D eigenvalue weighted by Gasteiger charge is 2.28. The summed E-state index contributed by atoms with van der Waals surface area (Å²) in [5.41, 5.74) is 2.42. The molecule has 0 saturated carbocycles. The van der Waals surface area contributed by atoms with Gasteiger partial charge in [-0.1, -0.05) is 38.4 Å². The van der Waals surface area contributed by atoms with E-state index in [1.807, 2.05) is 0 Å². The second-order valence-corrected chi connectivity index (χ2v) is 6.81. The van der Waals surface area contributed by atoms with E-state index in [1.165, 1.54) is 17.7 Å². The van der Waals surface area contributed by atoms with Gasteiger partial charge in [-0.15, -0.1) is 0 Å². The minimum absolute atomic E-state index is 0.540. The summed E-state index contributed by atoms with van der Waals surface area (Å²) in [6.07, 6.45) is 2.36. The maximum atomic E-state index is 6.48. The molecule has 0 spiro atoms. The third-order valence-corrected chi connectivity index (χ3v) is 4.44. The van der Waals surface area contributed by atoms with Crippen LogP contribution >= 0.6 is 11.6 Å². The third kappa shape index (κ3) is 3.67. The molecule has 1 N–H and O–H groups in total. The fourth-order valence-corrected chi connectivity index (χ4v) is 3.44. The van der Waals surface area contributed by atoms with Gasteiger partial charge in [0.1, 0.15) is 0 Å². The molecule has 20 heavy (non-hydrogen) atoms. The lowest BCUT2D eigenvalue weighted by atomic mass is 9.98. The number of halogens is 1. The molecule has 1 aromatic carbocycles. The molecule has 1 aliphatic rings. The summed E-state index contributed by atoms with van der Waals surface area (Å²) in [7, 11) is 0. The summed E-state index contributed by atoms with van der Waals surface area (Å²) >= 11 is 6.48. The Kier molecular flexibility index (Phi) is 5.34. The van der Waals surface area contributed by atoms with Crippen molar-refractivity contribution in [2.24, 2.45) is 5.92 Å². The summed E-state index contributed by atoms with van der Waals surface area (Å²) in [5, 5.41) is 4.58. The fraction of sp³-hybridized carbons (Fsp3) is 0.647. The summed E-state index contributed by atoms with van der Waals surface area (Å²) in [5.74, 6) is 0.723. The van der Waals surface area contributed by atoms with Gasteiger partial charge in [0.2, 0.25) is 0 Å². The fourth-order valence-electron chi connectivity index (χ4n) is 3.10. The van der Waals surface area contributed by atoms with Crippen LogP contribution in [0.25, 0.3) is 0 Å². The van der Waals surface area contributed by atoms with Crippen molar-refractivity contribution in [3.05, 3.63) is 28.8 Å². The van der Waals surface area contributed by atoms with Gasteiger partial charge in [0.05, 0.1) is 10.7 Å². The minimum atomic E-state index is 0.540. The molecule has 2 rings (SSSR count). The number of piperazine rings is 1. The molecule has 0 amide bonds. The molecule has 3 heteroatoms. The molecule has 1 saturated heterocycles. The molecule has 1 aliphatic heterocycles. The molecule has 2 atom stereocenters. The number of rotatable bonds is 4. The van der Waals surface area contributed by atoms with Crippen LogP contribution in [-0.2, 0) is 0 Å². The lowest BCUT2D eigenvalue weighted by Gasteiger charge is -2.42. The van der Waals surface area contributed by atoms with Gasteiger partial charge in [-0.05, 0) is 43.4 Å². The van der Waals surface area contributed by atoms with Crippen LogP contribution < -0.4 is 10.2 Å². The topological polar surface area (TPSA) is 15.3 Å². The van der Waals surface area contributed by atoms with Crippen LogP contribution in [0.5, 0.6) is 0 Å². The van der Waals surface area contributed by atoms with Crippen molar-refractivity contribution >= 4 is 17.3 Å². The molecule has 0 aromatic heterocycles. The summed E-state index contributed by atoms with van der Waals surface area (Å²) in [6, 6.07) is 7.52. The molecular weight excluding hydrogens is 268 g/mol. The van der Waals surface area contributed by atoms with Gasteiger partial charge in [0.25, 0.3) is 0 Å². The maximum absolute atomic E-state index is 6.48. The van der Waals surface area contributed by atoms with E-state index >= 15 is 0 Å². The monoisotopic (exact) mass is 294 g/mol. The van der Waals surface area contributed by atoms with E-state index in [1.54, 1.807) is 0 Å². The van der Waals surface area contributed by atoms with Crippen LogP contribution in [0.1, 0.15) is 39.2 Å². The quantitative estimate of drug-likeness (QED) is 0.893. The van der Waals surface area contributed by atoms with Crippen molar-refractivity contribution in [1.82, 2.24) is 5.32 Å². The molecule has 1 aromatic rings. The molecule has 1 fully saturated rings. The number of nitrogens with one attached hydrogen (secondary N) is 1. The number of anilines is 1. The van der Waals surface area contributed by atoms with Crippen LogP contribution in [0.15, 0.2) is 18.2 Å². The molecule has 0 radical (unpaired) electrons. The van der Waals surface area contributed by atoms with Crippen molar-refractivity contribution < 1.29 is 0 Å². The Labute approximate surface area is 128 Å². The Balaban J connectivity index is 2.20. The van der Waals surface area contributed by atoms with Crippen molar-refractivity contribution in [3.63, 3.8) is 0 Å². The van der Waals surface area contributed by atoms with E-state index < -0.39 is 0 Å². The second kappa shape index (κ2) is 6.82. The van der Waals surface area contributed by atoms with Crippen LogP contribution in [-0.4, -0.2) is 25.2 Å². The van der Waals surface area contributed by atoms with Crippen LogP contribution in [0, 0.1) is 12.8 Å². The first-order valence-corrected chi connectivity index (χ1v) is 8.15. The first-order valence-electron chi connectivity index (χ1n) is 7.77. The Hall–Kier alpha value is -0.730. The highest BCUT2D eigenvalue weighted by molar-refractivity contribution is 6.33. The zero-order valence-electron chi connectivity index (χ0n) is 13.1. The van der Waals surface area contributed by atoms with E-state index in [9.17, 15) is 0 Å². The number of hydrogen-bond donors (Lipinski definition) is 1. The van der Waals surface area contributed by atoms with E-state index in [-0.39, 0.29) is 0 Å². The van der Waals surface area contributed by atoms with Gasteiger partial charge < -0.3 is 10.2 Å². The third-order valence-electron chi connectivity index (χ3n) is 4.14. The largest absolute Gasteiger partial charge is 0.365 e. The molecule has 1 heterocycles. The van der Waals surface area contributed by atoms with E-state index in [0.717, 1.165) is 30.5 Å². The van der Waals surface area contributed by atoms with Gasteiger partial charge in [0.15, 0.2) is 0 Å². The number of aryl methyl sites for hydroxylation is 1. The average molecular weight is 295 g/mol. The second-order valence-electron chi connectivity index (χ2n) is 6.40. The molecule has 2 nitrogen and oxygen atoms in total. The maximum Gasteiger partial charge on any atom is 0.0642 e. The smallest absolute Gasteiger partial charge is 0.0642 e. The molecular formula is C17H27ClN2. The molecule has 2 unspecified atom stereocenters. The number of benzene rings is 1. The van der Waals surface area contributed by atoms with Crippen LogP contribution in [0.3, 0.4) is 0 Å². The number of hydrogen-bond acceptors (Lipinski definition) is 2. The lowest BCUT2D eigenvalue weighted by molar-refractivity contribution is 0.343. The van der Waals surface area contributed by atoms with Gasteiger partial charge >= 0.3 is 0 Å². The standard InChI is InChI=1S/C17H27ClN2/c1-5-15-10-19-14(8-12(2)3)11-20(15)17-7-6-13(4)9-16(17)18/h6-7,9,12,14-15,19H,5,8,10-11H2,1-4H3.